The number of fused-ring (bicyclic) bond motifs is 1. The molecule has 0 unspecified atom stereocenters. The first-order valence-corrected chi connectivity index (χ1v) is 5.53. The van der Waals surface area contributed by atoms with Gasteiger partial charge in [0.1, 0.15) is 0 Å². The van der Waals surface area contributed by atoms with Gasteiger partial charge in [-0.3, -0.25) is 9.97 Å². The summed E-state index contributed by atoms with van der Waals surface area (Å²) in [6, 6.07) is 6.41. The maximum Gasteiger partial charge on any atom is 0.0888 e. The molecular weight excluding hydrogens is 198 g/mol. The van der Waals surface area contributed by atoms with Gasteiger partial charge < -0.3 is 5.32 Å². The van der Waals surface area contributed by atoms with Crippen molar-refractivity contribution < 1.29 is 0 Å². The smallest absolute Gasteiger partial charge is 0.0888 e. The summed E-state index contributed by atoms with van der Waals surface area (Å²) in [4.78, 5) is 8.51. The molecule has 0 saturated heterocycles. The van der Waals surface area contributed by atoms with Crippen LogP contribution in [0.4, 0.5) is 0 Å². The Hall–Kier alpha value is -1.74. The molecule has 0 bridgehead atoms. The zero-order chi connectivity index (χ0) is 10.8. The van der Waals surface area contributed by atoms with Gasteiger partial charge in [0.15, 0.2) is 0 Å². The van der Waals surface area contributed by atoms with Gasteiger partial charge in [0.25, 0.3) is 0 Å². The Bertz CT molecular complexity index is 494. The van der Waals surface area contributed by atoms with Crippen LogP contribution in [0.5, 0.6) is 0 Å². The molecule has 1 N–H and O–H groups in total. The molecule has 1 aromatic carbocycles. The van der Waals surface area contributed by atoms with Gasteiger partial charge in [0.05, 0.1) is 11.9 Å². The number of rotatable bonds is 1. The number of benzene rings is 1. The molecule has 1 aromatic heterocycles. The van der Waals surface area contributed by atoms with Crippen LogP contribution in [0.2, 0.25) is 0 Å². The molecule has 0 fully saturated rings. The molecule has 0 amide bonds. The molecule has 1 aliphatic rings. The minimum absolute atomic E-state index is 0.962. The maximum atomic E-state index is 4.37. The van der Waals surface area contributed by atoms with E-state index in [9.17, 15) is 0 Å². The molecule has 0 radical (unpaired) electrons. The number of hydrogen-bond acceptors (Lipinski definition) is 3. The van der Waals surface area contributed by atoms with Crippen LogP contribution >= 0.6 is 0 Å². The minimum Gasteiger partial charge on any atom is -0.312 e. The van der Waals surface area contributed by atoms with Crippen molar-refractivity contribution in [2.75, 3.05) is 6.54 Å². The van der Waals surface area contributed by atoms with Crippen LogP contribution in [0, 0.1) is 0 Å². The molecule has 0 spiro atoms. The maximum absolute atomic E-state index is 4.37. The quantitative estimate of drug-likeness (QED) is 0.781. The number of nitrogens with one attached hydrogen (secondary N) is 1. The van der Waals surface area contributed by atoms with E-state index in [1.165, 1.54) is 16.7 Å². The van der Waals surface area contributed by atoms with E-state index in [-0.39, 0.29) is 0 Å². The highest BCUT2D eigenvalue weighted by Gasteiger charge is 2.13. The molecule has 80 valence electrons. The summed E-state index contributed by atoms with van der Waals surface area (Å²) in [5, 5.41) is 3.38. The van der Waals surface area contributed by atoms with E-state index in [2.05, 4.69) is 33.5 Å². The fourth-order valence-corrected chi connectivity index (χ4v) is 2.21. The zero-order valence-corrected chi connectivity index (χ0v) is 8.98. The zero-order valence-electron chi connectivity index (χ0n) is 8.98. The van der Waals surface area contributed by atoms with E-state index in [0.717, 1.165) is 25.2 Å². The SMILES string of the molecule is c1cc2c(c(-c3cnccn3)c1)CCNC2. The molecule has 3 nitrogen and oxygen atoms in total. The molecule has 0 aliphatic carbocycles. The molecule has 0 atom stereocenters. The van der Waals surface area contributed by atoms with Gasteiger partial charge in [-0.15, -0.1) is 0 Å². The molecular formula is C13H13N3. The summed E-state index contributed by atoms with van der Waals surface area (Å²) in [6.07, 6.45) is 6.36. The van der Waals surface area contributed by atoms with Crippen molar-refractivity contribution in [2.24, 2.45) is 0 Å². The average molecular weight is 211 g/mol. The van der Waals surface area contributed by atoms with Crippen molar-refractivity contribution in [3.63, 3.8) is 0 Å². The topological polar surface area (TPSA) is 37.8 Å². The predicted molar refractivity (Wildman–Crippen MR) is 62.9 cm³/mol. The van der Waals surface area contributed by atoms with Crippen LogP contribution in [0.1, 0.15) is 11.1 Å². The summed E-state index contributed by atoms with van der Waals surface area (Å²) in [7, 11) is 0. The fraction of sp³-hybridized carbons (Fsp3) is 0.231. The van der Waals surface area contributed by atoms with Crippen LogP contribution < -0.4 is 5.32 Å². The highest BCUT2D eigenvalue weighted by Crippen LogP contribution is 2.26. The third-order valence-electron chi connectivity index (χ3n) is 2.98. The lowest BCUT2D eigenvalue weighted by atomic mass is 9.94. The Labute approximate surface area is 94.6 Å². The number of hydrogen-bond donors (Lipinski definition) is 1. The van der Waals surface area contributed by atoms with Crippen molar-refractivity contribution in [3.8, 4) is 11.3 Å². The fourth-order valence-electron chi connectivity index (χ4n) is 2.21. The molecule has 0 saturated carbocycles. The molecule has 1 aliphatic heterocycles. The minimum atomic E-state index is 0.962. The first kappa shape index (κ1) is 9.48. The Morgan fingerprint density at radius 1 is 1.19 bits per heavy atom. The van der Waals surface area contributed by atoms with E-state index < -0.39 is 0 Å². The monoisotopic (exact) mass is 211 g/mol. The lowest BCUT2D eigenvalue weighted by Gasteiger charge is -2.19. The third-order valence-corrected chi connectivity index (χ3v) is 2.98. The molecule has 2 heterocycles. The van der Waals surface area contributed by atoms with Gasteiger partial charge in [0, 0.05) is 24.5 Å². The largest absolute Gasteiger partial charge is 0.312 e. The number of aromatic nitrogens is 2. The Morgan fingerprint density at radius 3 is 3.06 bits per heavy atom. The van der Waals surface area contributed by atoms with Gasteiger partial charge in [-0.25, -0.2) is 0 Å². The summed E-state index contributed by atoms with van der Waals surface area (Å²) in [5.74, 6) is 0. The van der Waals surface area contributed by atoms with E-state index >= 15 is 0 Å². The van der Waals surface area contributed by atoms with Crippen LogP contribution in [-0.4, -0.2) is 16.5 Å². The van der Waals surface area contributed by atoms with Crippen LogP contribution in [0.25, 0.3) is 11.3 Å². The second-order valence-electron chi connectivity index (χ2n) is 3.96. The van der Waals surface area contributed by atoms with Crippen molar-refractivity contribution in [2.45, 2.75) is 13.0 Å². The number of nitrogens with zero attached hydrogens (tertiary/aromatic N) is 2. The van der Waals surface area contributed by atoms with E-state index in [0.29, 0.717) is 0 Å². The highest BCUT2D eigenvalue weighted by molar-refractivity contribution is 5.65. The third kappa shape index (κ3) is 1.59. The van der Waals surface area contributed by atoms with Crippen molar-refractivity contribution in [3.05, 3.63) is 47.9 Å². The second-order valence-corrected chi connectivity index (χ2v) is 3.96. The van der Waals surface area contributed by atoms with Crippen molar-refractivity contribution >= 4 is 0 Å². The Morgan fingerprint density at radius 2 is 2.19 bits per heavy atom. The van der Waals surface area contributed by atoms with Gasteiger partial charge in [0.2, 0.25) is 0 Å². The Kier molecular flexibility index (Phi) is 2.38. The summed E-state index contributed by atoms with van der Waals surface area (Å²) >= 11 is 0. The lowest BCUT2D eigenvalue weighted by molar-refractivity contribution is 0.644. The van der Waals surface area contributed by atoms with Gasteiger partial charge in [-0.2, -0.15) is 0 Å². The first-order valence-electron chi connectivity index (χ1n) is 5.53. The highest BCUT2D eigenvalue weighted by atomic mass is 14.9. The van der Waals surface area contributed by atoms with Crippen molar-refractivity contribution in [1.82, 2.24) is 15.3 Å². The van der Waals surface area contributed by atoms with Gasteiger partial charge in [-0.05, 0) is 24.1 Å². The van der Waals surface area contributed by atoms with Gasteiger partial charge in [-0.1, -0.05) is 18.2 Å². The molecule has 3 heteroatoms. The normalized spacial score (nSPS) is 14.5. The molecule has 3 rings (SSSR count). The summed E-state index contributed by atoms with van der Waals surface area (Å²) in [6.45, 7) is 2.01. The standard InChI is InChI=1S/C13H13N3/c1-2-10-8-14-5-4-11(10)12(3-1)13-9-15-6-7-16-13/h1-3,6-7,9,14H,4-5,8H2. The average Bonchev–Trinajstić information content (AvgIpc) is 2.39. The van der Waals surface area contributed by atoms with Crippen LogP contribution in [0.15, 0.2) is 36.8 Å². The van der Waals surface area contributed by atoms with E-state index in [1.807, 2.05) is 6.20 Å². The molecule has 2 aromatic rings. The van der Waals surface area contributed by atoms with Crippen molar-refractivity contribution in [1.29, 1.82) is 0 Å². The van der Waals surface area contributed by atoms with Crippen LogP contribution in [0.3, 0.4) is 0 Å². The lowest BCUT2D eigenvalue weighted by Crippen LogP contribution is -2.24. The Balaban J connectivity index is 2.14. The first-order chi connectivity index (χ1) is 7.95. The summed E-state index contributed by atoms with van der Waals surface area (Å²) < 4.78 is 0. The summed E-state index contributed by atoms with van der Waals surface area (Å²) in [5.41, 5.74) is 5.00. The predicted octanol–water partition coefficient (Wildman–Crippen LogP) is 1.79. The van der Waals surface area contributed by atoms with Crippen LogP contribution in [-0.2, 0) is 13.0 Å². The molecule has 16 heavy (non-hydrogen) atoms. The van der Waals surface area contributed by atoms with E-state index in [4.69, 9.17) is 0 Å². The van der Waals surface area contributed by atoms with E-state index in [1.54, 1.807) is 12.4 Å². The van der Waals surface area contributed by atoms with Gasteiger partial charge >= 0.3 is 0 Å². The second kappa shape index (κ2) is 4.02.